The summed E-state index contributed by atoms with van der Waals surface area (Å²) in [6, 6.07) is 10.9. The van der Waals surface area contributed by atoms with Gasteiger partial charge in [-0.15, -0.1) is 0 Å². The van der Waals surface area contributed by atoms with Crippen LogP contribution in [0.4, 0.5) is 11.4 Å². The van der Waals surface area contributed by atoms with E-state index in [9.17, 15) is 9.59 Å². The summed E-state index contributed by atoms with van der Waals surface area (Å²) in [6.45, 7) is 7.17. The van der Waals surface area contributed by atoms with E-state index in [0.717, 1.165) is 24.2 Å². The van der Waals surface area contributed by atoms with Crippen molar-refractivity contribution in [2.45, 2.75) is 20.4 Å². The van der Waals surface area contributed by atoms with E-state index in [1.807, 2.05) is 38.1 Å². The zero-order valence-corrected chi connectivity index (χ0v) is 20.3. The summed E-state index contributed by atoms with van der Waals surface area (Å²) >= 11 is 0. The molecule has 1 aliphatic rings. The van der Waals surface area contributed by atoms with Crippen molar-refractivity contribution in [2.24, 2.45) is 0 Å². The Balaban J connectivity index is 1.42. The number of rotatable bonds is 8. The molecule has 0 radical (unpaired) electrons. The van der Waals surface area contributed by atoms with Gasteiger partial charge in [-0.3, -0.25) is 14.2 Å². The molecule has 1 amide bonds. The van der Waals surface area contributed by atoms with Crippen LogP contribution in [0, 0.1) is 0 Å². The van der Waals surface area contributed by atoms with E-state index in [1.165, 1.54) is 10.9 Å². The fourth-order valence-corrected chi connectivity index (χ4v) is 4.32. The molecule has 1 saturated heterocycles. The van der Waals surface area contributed by atoms with Crippen LogP contribution in [-0.4, -0.2) is 55.0 Å². The Morgan fingerprint density at radius 1 is 1.08 bits per heavy atom. The van der Waals surface area contributed by atoms with Crippen molar-refractivity contribution < 1.29 is 23.4 Å². The lowest BCUT2D eigenvalue weighted by atomic mass is 10.2. The third-order valence-electron chi connectivity index (χ3n) is 5.95. The summed E-state index contributed by atoms with van der Waals surface area (Å²) in [5.74, 6) is 0.756. The minimum Gasteiger partial charge on any atom is -0.492 e. The van der Waals surface area contributed by atoms with Crippen molar-refractivity contribution in [3.63, 3.8) is 0 Å². The fourth-order valence-electron chi connectivity index (χ4n) is 4.32. The van der Waals surface area contributed by atoms with Crippen molar-refractivity contribution in [1.29, 1.82) is 0 Å². The normalized spacial score (nSPS) is 13.8. The molecule has 3 heterocycles. The average molecular weight is 493 g/mol. The molecule has 0 saturated carbocycles. The molecule has 10 heteroatoms. The molecule has 36 heavy (non-hydrogen) atoms. The molecule has 2 aromatic heterocycles. The highest BCUT2D eigenvalue weighted by Gasteiger charge is 2.21. The SMILES string of the molecule is CCOc1cc(N2CCOCC2)c(OCC)cc1NC(=O)Cn1cnc2c(oc3ccccc32)c1=O. The number of carbonyl (C=O) groups excluding carboxylic acids is 1. The minimum atomic E-state index is -0.422. The minimum absolute atomic E-state index is 0.120. The van der Waals surface area contributed by atoms with Gasteiger partial charge in [-0.05, 0) is 26.0 Å². The number of aromatic nitrogens is 2. The van der Waals surface area contributed by atoms with Gasteiger partial charge in [0.15, 0.2) is 0 Å². The first-order valence-electron chi connectivity index (χ1n) is 12.0. The molecule has 1 aliphatic heterocycles. The second-order valence-corrected chi connectivity index (χ2v) is 8.28. The Morgan fingerprint density at radius 3 is 2.61 bits per heavy atom. The van der Waals surface area contributed by atoms with Gasteiger partial charge in [-0.2, -0.15) is 0 Å². The number of nitrogens with zero attached hydrogens (tertiary/aromatic N) is 3. The molecule has 188 valence electrons. The molecule has 0 aliphatic carbocycles. The number of benzene rings is 2. The molecular formula is C26H28N4O6. The van der Waals surface area contributed by atoms with Crippen LogP contribution in [0.1, 0.15) is 13.8 Å². The molecule has 5 rings (SSSR count). The Labute approximate surface area is 207 Å². The summed E-state index contributed by atoms with van der Waals surface area (Å²) in [7, 11) is 0. The van der Waals surface area contributed by atoms with Gasteiger partial charge in [0, 0.05) is 30.6 Å². The third kappa shape index (κ3) is 4.59. The summed E-state index contributed by atoms with van der Waals surface area (Å²) in [5.41, 5.74) is 2.10. The molecule has 0 bridgehead atoms. The van der Waals surface area contributed by atoms with E-state index in [2.05, 4.69) is 15.2 Å². The molecule has 0 unspecified atom stereocenters. The van der Waals surface area contributed by atoms with Crippen molar-refractivity contribution in [3.8, 4) is 11.5 Å². The molecule has 1 N–H and O–H groups in total. The number of fused-ring (bicyclic) bond motifs is 3. The lowest BCUT2D eigenvalue weighted by Crippen LogP contribution is -2.36. The van der Waals surface area contributed by atoms with Crippen molar-refractivity contribution >= 4 is 39.4 Å². The number of para-hydroxylation sites is 1. The first-order valence-corrected chi connectivity index (χ1v) is 12.0. The summed E-state index contributed by atoms with van der Waals surface area (Å²) in [4.78, 5) is 32.6. The van der Waals surface area contributed by atoms with Crippen LogP contribution in [0.3, 0.4) is 0 Å². The second kappa shape index (κ2) is 10.3. The van der Waals surface area contributed by atoms with E-state index >= 15 is 0 Å². The number of furan rings is 1. The maximum Gasteiger partial charge on any atom is 0.297 e. The number of anilines is 2. The Kier molecular flexibility index (Phi) is 6.77. The standard InChI is InChI=1S/C26H28N4O6/c1-3-34-21-14-19(29-9-11-33-12-10-29)22(35-4-2)13-18(21)28-23(31)15-30-16-27-24-17-7-5-6-8-20(17)36-25(24)26(30)32/h5-8,13-14,16H,3-4,9-12,15H2,1-2H3,(H,28,31). The van der Waals surface area contributed by atoms with Gasteiger partial charge >= 0.3 is 0 Å². The fraction of sp³-hybridized carbons (Fsp3) is 0.346. The van der Waals surface area contributed by atoms with Gasteiger partial charge in [0.25, 0.3) is 5.56 Å². The molecule has 0 spiro atoms. The van der Waals surface area contributed by atoms with Crippen LogP contribution < -0.4 is 25.2 Å². The van der Waals surface area contributed by atoms with Crippen molar-refractivity contribution in [1.82, 2.24) is 9.55 Å². The first-order chi connectivity index (χ1) is 17.6. The van der Waals surface area contributed by atoms with Gasteiger partial charge in [-0.1, -0.05) is 12.1 Å². The molecule has 10 nitrogen and oxygen atoms in total. The molecule has 0 atom stereocenters. The molecule has 2 aromatic carbocycles. The summed E-state index contributed by atoms with van der Waals surface area (Å²) in [5, 5.41) is 3.63. The highest BCUT2D eigenvalue weighted by Crippen LogP contribution is 2.39. The van der Waals surface area contributed by atoms with E-state index < -0.39 is 11.5 Å². The second-order valence-electron chi connectivity index (χ2n) is 8.28. The summed E-state index contributed by atoms with van der Waals surface area (Å²) in [6.07, 6.45) is 1.36. The van der Waals surface area contributed by atoms with E-state index in [1.54, 1.807) is 12.1 Å². The maximum absolute atomic E-state index is 13.0. The number of hydrogen-bond donors (Lipinski definition) is 1. The van der Waals surface area contributed by atoms with Crippen LogP contribution in [0.5, 0.6) is 11.5 Å². The topological polar surface area (TPSA) is 108 Å². The number of hydrogen-bond acceptors (Lipinski definition) is 8. The quantitative estimate of drug-likeness (QED) is 0.399. The number of amides is 1. The predicted octanol–water partition coefficient (Wildman–Crippen LogP) is 3.42. The molecule has 1 fully saturated rings. The van der Waals surface area contributed by atoms with Gasteiger partial charge in [0.05, 0.1) is 44.1 Å². The Hall–Kier alpha value is -4.05. The van der Waals surface area contributed by atoms with E-state index in [4.69, 9.17) is 18.6 Å². The van der Waals surface area contributed by atoms with E-state index in [0.29, 0.717) is 54.7 Å². The van der Waals surface area contributed by atoms with Gasteiger partial charge < -0.3 is 28.8 Å². The molecule has 4 aromatic rings. The van der Waals surface area contributed by atoms with Crippen LogP contribution in [-0.2, 0) is 16.1 Å². The zero-order valence-electron chi connectivity index (χ0n) is 20.3. The number of morpholine rings is 1. The zero-order chi connectivity index (χ0) is 25.1. The van der Waals surface area contributed by atoms with Gasteiger partial charge in [-0.25, -0.2) is 4.98 Å². The Morgan fingerprint density at radius 2 is 1.83 bits per heavy atom. The van der Waals surface area contributed by atoms with Crippen LogP contribution in [0.25, 0.3) is 22.1 Å². The Bertz CT molecular complexity index is 1450. The van der Waals surface area contributed by atoms with Crippen molar-refractivity contribution in [3.05, 3.63) is 53.1 Å². The van der Waals surface area contributed by atoms with Crippen LogP contribution >= 0.6 is 0 Å². The lowest BCUT2D eigenvalue weighted by Gasteiger charge is -2.31. The monoisotopic (exact) mass is 492 g/mol. The average Bonchev–Trinajstić information content (AvgIpc) is 3.27. The number of nitrogens with one attached hydrogen (secondary N) is 1. The van der Waals surface area contributed by atoms with E-state index in [-0.39, 0.29) is 12.1 Å². The predicted molar refractivity (Wildman–Crippen MR) is 136 cm³/mol. The van der Waals surface area contributed by atoms with Crippen LogP contribution in [0.15, 0.2) is 51.9 Å². The highest BCUT2D eigenvalue weighted by atomic mass is 16.5. The van der Waals surface area contributed by atoms with Crippen LogP contribution in [0.2, 0.25) is 0 Å². The lowest BCUT2D eigenvalue weighted by molar-refractivity contribution is -0.116. The highest BCUT2D eigenvalue weighted by molar-refractivity contribution is 6.02. The van der Waals surface area contributed by atoms with Crippen molar-refractivity contribution in [2.75, 3.05) is 49.7 Å². The first kappa shape index (κ1) is 23.7. The smallest absolute Gasteiger partial charge is 0.297 e. The maximum atomic E-state index is 13.0. The third-order valence-corrected chi connectivity index (χ3v) is 5.95. The van der Waals surface area contributed by atoms with Gasteiger partial charge in [0.1, 0.15) is 29.1 Å². The largest absolute Gasteiger partial charge is 0.492 e. The summed E-state index contributed by atoms with van der Waals surface area (Å²) < 4.78 is 24.2. The molecular weight excluding hydrogens is 464 g/mol. The number of carbonyl (C=O) groups is 1. The number of ether oxygens (including phenoxy) is 3. The van der Waals surface area contributed by atoms with Gasteiger partial charge in [0.2, 0.25) is 11.5 Å².